The molecule has 0 fully saturated rings. The van der Waals surface area contributed by atoms with Crippen LogP contribution in [0.2, 0.25) is 0 Å². The lowest BCUT2D eigenvalue weighted by atomic mass is 10.1. The van der Waals surface area contributed by atoms with Gasteiger partial charge in [-0.1, -0.05) is 12.1 Å². The van der Waals surface area contributed by atoms with E-state index in [1.54, 1.807) is 49.7 Å². The number of nitrogens with one attached hydrogen (secondary N) is 2. The van der Waals surface area contributed by atoms with Gasteiger partial charge in [0.05, 0.1) is 30.4 Å². The van der Waals surface area contributed by atoms with E-state index in [0.717, 1.165) is 0 Å². The number of carbonyl (C=O) groups excluding carboxylic acids is 2. The molecule has 1 atom stereocenters. The summed E-state index contributed by atoms with van der Waals surface area (Å²) in [5.74, 6) is -0.674. The van der Waals surface area contributed by atoms with Crippen LogP contribution in [0.3, 0.4) is 0 Å². The molecule has 0 spiro atoms. The van der Waals surface area contributed by atoms with Gasteiger partial charge in [0, 0.05) is 30.5 Å². The Morgan fingerprint density at radius 1 is 1.13 bits per heavy atom. The zero-order valence-corrected chi connectivity index (χ0v) is 17.8. The maximum absolute atomic E-state index is 12.5. The van der Waals surface area contributed by atoms with Crippen molar-refractivity contribution in [1.82, 2.24) is 20.3 Å². The highest BCUT2D eigenvalue weighted by Gasteiger charge is 2.16. The van der Waals surface area contributed by atoms with E-state index in [1.165, 1.54) is 12.4 Å². The summed E-state index contributed by atoms with van der Waals surface area (Å²) in [7, 11) is 1.58. The van der Waals surface area contributed by atoms with Crippen molar-refractivity contribution < 1.29 is 14.3 Å². The lowest BCUT2D eigenvalue weighted by Crippen LogP contribution is -2.35. The van der Waals surface area contributed by atoms with Gasteiger partial charge in [0.25, 0.3) is 11.8 Å². The van der Waals surface area contributed by atoms with Crippen LogP contribution in [0.5, 0.6) is 0 Å². The molecule has 2 aromatic heterocycles. The minimum atomic E-state index is -0.488. The Morgan fingerprint density at radius 3 is 2.52 bits per heavy atom. The van der Waals surface area contributed by atoms with Crippen molar-refractivity contribution in [2.24, 2.45) is 0 Å². The standard InChI is InChI=1S/C21H22N6O3.ClH/c1-13(12-30-2)25-20(28)15-7-5-14(6-8-15)17-11-24-19(22)18(27-17)21(29)26-16-4-3-9-23-10-16;/h3-11,13H,12H2,1-2H3,(H2,22,24)(H,25,28)(H,26,29);1H/t13-;/m0./s1. The fourth-order valence-electron chi connectivity index (χ4n) is 2.72. The highest BCUT2D eigenvalue weighted by Crippen LogP contribution is 2.20. The second-order valence-corrected chi connectivity index (χ2v) is 6.59. The monoisotopic (exact) mass is 442 g/mol. The largest absolute Gasteiger partial charge is 0.383 e. The summed E-state index contributed by atoms with van der Waals surface area (Å²) in [5, 5.41) is 5.53. The van der Waals surface area contributed by atoms with Crippen molar-refractivity contribution in [1.29, 1.82) is 0 Å². The van der Waals surface area contributed by atoms with E-state index < -0.39 is 5.91 Å². The van der Waals surface area contributed by atoms with Crippen LogP contribution in [0.15, 0.2) is 55.0 Å². The number of nitrogen functional groups attached to an aromatic ring is 1. The van der Waals surface area contributed by atoms with Gasteiger partial charge in [0.1, 0.15) is 0 Å². The van der Waals surface area contributed by atoms with Crippen molar-refractivity contribution in [2.75, 3.05) is 24.8 Å². The predicted octanol–water partition coefficient (Wildman–Crippen LogP) is 2.56. The van der Waals surface area contributed by atoms with Crippen molar-refractivity contribution in [3.05, 3.63) is 66.2 Å². The number of rotatable bonds is 7. The predicted molar refractivity (Wildman–Crippen MR) is 120 cm³/mol. The van der Waals surface area contributed by atoms with Crippen LogP contribution in [0.25, 0.3) is 11.3 Å². The number of benzene rings is 1. The van der Waals surface area contributed by atoms with Crippen LogP contribution in [-0.4, -0.2) is 46.5 Å². The van der Waals surface area contributed by atoms with Crippen LogP contribution in [0.1, 0.15) is 27.8 Å². The molecular weight excluding hydrogens is 420 g/mol. The van der Waals surface area contributed by atoms with Crippen molar-refractivity contribution >= 4 is 35.7 Å². The first-order valence-corrected chi connectivity index (χ1v) is 9.22. The third kappa shape index (κ3) is 6.21. The Morgan fingerprint density at radius 2 is 1.87 bits per heavy atom. The molecule has 31 heavy (non-hydrogen) atoms. The second-order valence-electron chi connectivity index (χ2n) is 6.59. The first-order valence-electron chi connectivity index (χ1n) is 9.22. The van der Waals surface area contributed by atoms with E-state index in [9.17, 15) is 9.59 Å². The van der Waals surface area contributed by atoms with Crippen LogP contribution in [0, 0.1) is 0 Å². The Hall–Kier alpha value is -3.56. The summed E-state index contributed by atoms with van der Waals surface area (Å²) in [5.41, 5.74) is 8.02. The first-order chi connectivity index (χ1) is 14.5. The van der Waals surface area contributed by atoms with E-state index >= 15 is 0 Å². The molecule has 4 N–H and O–H groups in total. The summed E-state index contributed by atoms with van der Waals surface area (Å²) in [6, 6.07) is 10.1. The van der Waals surface area contributed by atoms with Crippen molar-refractivity contribution in [2.45, 2.75) is 13.0 Å². The first kappa shape index (κ1) is 23.7. The van der Waals surface area contributed by atoms with E-state index in [-0.39, 0.29) is 35.9 Å². The van der Waals surface area contributed by atoms with Gasteiger partial charge < -0.3 is 21.1 Å². The topological polar surface area (TPSA) is 132 Å². The minimum absolute atomic E-state index is 0. The molecule has 0 saturated carbocycles. The van der Waals surface area contributed by atoms with Gasteiger partial charge in [-0.2, -0.15) is 0 Å². The zero-order valence-electron chi connectivity index (χ0n) is 17.0. The number of ether oxygens (including phenoxy) is 1. The number of anilines is 2. The maximum atomic E-state index is 12.5. The van der Waals surface area contributed by atoms with Crippen LogP contribution in [0.4, 0.5) is 11.5 Å². The number of pyridine rings is 1. The summed E-state index contributed by atoms with van der Waals surface area (Å²) < 4.78 is 5.02. The van der Waals surface area contributed by atoms with Crippen LogP contribution >= 0.6 is 12.4 Å². The van der Waals surface area contributed by atoms with E-state index in [0.29, 0.717) is 29.1 Å². The fourth-order valence-corrected chi connectivity index (χ4v) is 2.72. The molecule has 0 saturated heterocycles. The molecule has 0 unspecified atom stereocenters. The zero-order chi connectivity index (χ0) is 21.5. The summed E-state index contributed by atoms with van der Waals surface area (Å²) in [6.07, 6.45) is 4.60. The van der Waals surface area contributed by atoms with Gasteiger partial charge in [-0.25, -0.2) is 9.97 Å². The third-order valence-corrected chi connectivity index (χ3v) is 4.17. The summed E-state index contributed by atoms with van der Waals surface area (Å²) in [6.45, 7) is 2.28. The van der Waals surface area contributed by atoms with E-state index in [1.807, 2.05) is 6.92 Å². The lowest BCUT2D eigenvalue weighted by Gasteiger charge is -2.13. The highest BCUT2D eigenvalue weighted by molar-refractivity contribution is 6.05. The van der Waals surface area contributed by atoms with Gasteiger partial charge in [-0.05, 0) is 31.2 Å². The maximum Gasteiger partial charge on any atom is 0.278 e. The number of nitrogens with two attached hydrogens (primary N) is 1. The normalized spacial score (nSPS) is 11.2. The van der Waals surface area contributed by atoms with Gasteiger partial charge in [0.2, 0.25) is 0 Å². The van der Waals surface area contributed by atoms with Crippen molar-refractivity contribution in [3.8, 4) is 11.3 Å². The van der Waals surface area contributed by atoms with Crippen LogP contribution < -0.4 is 16.4 Å². The molecule has 0 bridgehead atoms. The molecule has 3 rings (SSSR count). The number of aromatic nitrogens is 3. The highest BCUT2D eigenvalue weighted by atomic mass is 35.5. The number of hydrogen-bond acceptors (Lipinski definition) is 7. The van der Waals surface area contributed by atoms with E-state index in [4.69, 9.17) is 10.5 Å². The summed E-state index contributed by atoms with van der Waals surface area (Å²) in [4.78, 5) is 37.2. The Labute approximate surface area is 185 Å². The van der Waals surface area contributed by atoms with Gasteiger partial charge >= 0.3 is 0 Å². The minimum Gasteiger partial charge on any atom is -0.383 e. The SMILES string of the molecule is COC[C@H](C)NC(=O)c1ccc(-c2cnc(N)c(C(=O)Nc3cccnc3)n2)cc1.Cl. The molecular formula is C21H23ClN6O3. The number of amides is 2. The average molecular weight is 443 g/mol. The molecule has 162 valence electrons. The molecule has 0 aliphatic carbocycles. The molecule has 9 nitrogen and oxygen atoms in total. The number of hydrogen-bond donors (Lipinski definition) is 3. The smallest absolute Gasteiger partial charge is 0.278 e. The van der Waals surface area contributed by atoms with Gasteiger partial charge in [0.15, 0.2) is 11.5 Å². The molecule has 2 amide bonds. The van der Waals surface area contributed by atoms with Gasteiger partial charge in [-0.15, -0.1) is 12.4 Å². The number of carbonyl (C=O) groups is 2. The fraction of sp³-hybridized carbons (Fsp3) is 0.190. The molecule has 3 aromatic rings. The molecule has 10 heteroatoms. The van der Waals surface area contributed by atoms with Crippen molar-refractivity contribution in [3.63, 3.8) is 0 Å². The van der Waals surface area contributed by atoms with Gasteiger partial charge in [-0.3, -0.25) is 14.6 Å². The number of nitrogens with zero attached hydrogens (tertiary/aromatic N) is 3. The average Bonchev–Trinajstić information content (AvgIpc) is 2.75. The third-order valence-electron chi connectivity index (χ3n) is 4.17. The molecule has 2 heterocycles. The molecule has 0 aliphatic heterocycles. The number of methoxy groups -OCH3 is 1. The summed E-state index contributed by atoms with van der Waals surface area (Å²) >= 11 is 0. The molecule has 1 aromatic carbocycles. The van der Waals surface area contributed by atoms with Crippen LogP contribution in [-0.2, 0) is 4.74 Å². The Balaban J connectivity index is 0.00000341. The Kier molecular flexibility index (Phi) is 8.42. The quantitative estimate of drug-likeness (QED) is 0.512. The molecule has 0 aliphatic rings. The second kappa shape index (κ2) is 11.0. The number of halogens is 1. The molecule has 0 radical (unpaired) electrons. The van der Waals surface area contributed by atoms with E-state index in [2.05, 4.69) is 25.6 Å². The Bertz CT molecular complexity index is 1030. The lowest BCUT2D eigenvalue weighted by molar-refractivity contribution is 0.0905.